The predicted molar refractivity (Wildman–Crippen MR) is 53.3 cm³/mol. The molecule has 0 aliphatic heterocycles. The van der Waals surface area contributed by atoms with Crippen molar-refractivity contribution in [1.82, 2.24) is 10.6 Å². The van der Waals surface area contributed by atoms with Gasteiger partial charge < -0.3 is 10.6 Å². The Morgan fingerprint density at radius 3 is 2.92 bits per heavy atom. The number of hydrogen-bond acceptors (Lipinski definition) is 2. The smallest absolute Gasteiger partial charge is 0.233 e. The largest absolute Gasteiger partial charge is 0.355 e. The molecule has 0 radical (unpaired) electrons. The van der Waals surface area contributed by atoms with E-state index in [1.54, 1.807) is 6.08 Å². The molecule has 0 aromatic heterocycles. The second-order valence-corrected chi connectivity index (χ2v) is 3.70. The Bertz CT molecular complexity index is 191. The minimum atomic E-state index is 0.0842. The predicted octanol–water partition coefficient (Wildman–Crippen LogP) is 0.534. The van der Waals surface area contributed by atoms with Gasteiger partial charge in [0.2, 0.25) is 5.91 Å². The number of carbonyl (C=O) groups excluding carboxylic acids is 1. The number of carbonyl (C=O) groups is 1. The van der Waals surface area contributed by atoms with Gasteiger partial charge in [0.25, 0.3) is 0 Å². The average Bonchev–Trinajstić information content (AvgIpc) is 2.79. The van der Waals surface area contributed by atoms with Crippen LogP contribution in [-0.2, 0) is 4.79 Å². The molecule has 0 bridgehead atoms. The third-order valence-electron chi connectivity index (χ3n) is 2.41. The van der Waals surface area contributed by atoms with E-state index in [0.717, 1.165) is 18.4 Å². The first-order valence-electron chi connectivity index (χ1n) is 4.82. The molecule has 3 heteroatoms. The van der Waals surface area contributed by atoms with Crippen molar-refractivity contribution in [2.24, 2.45) is 11.8 Å². The first-order chi connectivity index (χ1) is 6.24. The van der Waals surface area contributed by atoms with E-state index in [9.17, 15) is 4.79 Å². The third kappa shape index (κ3) is 4.08. The minimum Gasteiger partial charge on any atom is -0.355 e. The molecular formula is C10H18N2O. The van der Waals surface area contributed by atoms with Crippen LogP contribution in [0, 0.1) is 11.8 Å². The summed E-state index contributed by atoms with van der Waals surface area (Å²) in [5, 5.41) is 5.86. The maximum absolute atomic E-state index is 11.1. The quantitative estimate of drug-likeness (QED) is 0.465. The highest BCUT2D eigenvalue weighted by atomic mass is 16.1. The van der Waals surface area contributed by atoms with E-state index in [2.05, 4.69) is 24.1 Å². The highest BCUT2D eigenvalue weighted by Crippen LogP contribution is 2.36. The summed E-state index contributed by atoms with van der Waals surface area (Å²) in [5.74, 6) is 1.62. The molecule has 1 amide bonds. The number of nitrogens with one attached hydrogen (secondary N) is 2. The topological polar surface area (TPSA) is 41.1 Å². The van der Waals surface area contributed by atoms with E-state index in [-0.39, 0.29) is 5.91 Å². The average molecular weight is 182 g/mol. The molecule has 2 N–H and O–H groups in total. The fourth-order valence-corrected chi connectivity index (χ4v) is 1.28. The lowest BCUT2D eigenvalue weighted by Gasteiger charge is -2.04. The van der Waals surface area contributed by atoms with Crippen LogP contribution in [0.3, 0.4) is 0 Å². The Morgan fingerprint density at radius 2 is 2.38 bits per heavy atom. The van der Waals surface area contributed by atoms with Gasteiger partial charge in [0.1, 0.15) is 0 Å². The normalized spacial score (nSPS) is 25.3. The van der Waals surface area contributed by atoms with E-state index in [1.807, 2.05) is 0 Å². The van der Waals surface area contributed by atoms with Crippen molar-refractivity contribution in [2.45, 2.75) is 13.3 Å². The molecule has 0 spiro atoms. The van der Waals surface area contributed by atoms with Crippen molar-refractivity contribution in [3.63, 3.8) is 0 Å². The van der Waals surface area contributed by atoms with Crippen molar-refractivity contribution >= 4 is 5.91 Å². The Morgan fingerprint density at radius 1 is 1.69 bits per heavy atom. The molecule has 1 rings (SSSR count). The molecule has 2 unspecified atom stereocenters. The zero-order valence-corrected chi connectivity index (χ0v) is 8.18. The monoisotopic (exact) mass is 182 g/mol. The summed E-state index contributed by atoms with van der Waals surface area (Å²) >= 11 is 0. The lowest BCUT2D eigenvalue weighted by atomic mass is 10.3. The molecular weight excluding hydrogens is 164 g/mol. The molecule has 1 aliphatic rings. The van der Waals surface area contributed by atoms with Crippen LogP contribution in [0.4, 0.5) is 0 Å². The van der Waals surface area contributed by atoms with Gasteiger partial charge in [-0.3, -0.25) is 4.79 Å². The van der Waals surface area contributed by atoms with E-state index in [4.69, 9.17) is 0 Å². The molecule has 74 valence electrons. The summed E-state index contributed by atoms with van der Waals surface area (Å²) in [4.78, 5) is 11.1. The Balaban J connectivity index is 1.94. The highest BCUT2D eigenvalue weighted by Gasteiger charge is 2.32. The maximum Gasteiger partial charge on any atom is 0.233 e. The van der Waals surface area contributed by atoms with Crippen molar-refractivity contribution in [3.05, 3.63) is 12.7 Å². The van der Waals surface area contributed by atoms with Crippen LogP contribution in [0.15, 0.2) is 12.7 Å². The van der Waals surface area contributed by atoms with Crippen molar-refractivity contribution in [3.8, 4) is 0 Å². The number of hydrogen-bond donors (Lipinski definition) is 2. The lowest BCUT2D eigenvalue weighted by Crippen LogP contribution is -2.35. The molecule has 1 fully saturated rings. The van der Waals surface area contributed by atoms with Crippen molar-refractivity contribution < 1.29 is 4.79 Å². The van der Waals surface area contributed by atoms with Crippen molar-refractivity contribution in [2.75, 3.05) is 19.6 Å². The van der Waals surface area contributed by atoms with Gasteiger partial charge in [-0.15, -0.1) is 6.58 Å². The van der Waals surface area contributed by atoms with Crippen LogP contribution in [0.25, 0.3) is 0 Å². The zero-order chi connectivity index (χ0) is 9.68. The second kappa shape index (κ2) is 5.02. The molecule has 13 heavy (non-hydrogen) atoms. The highest BCUT2D eigenvalue weighted by molar-refractivity contribution is 5.78. The maximum atomic E-state index is 11.1. The Hall–Kier alpha value is -0.830. The van der Waals surface area contributed by atoms with Gasteiger partial charge in [0.05, 0.1) is 6.54 Å². The van der Waals surface area contributed by atoms with Crippen LogP contribution in [0.5, 0.6) is 0 Å². The molecule has 3 nitrogen and oxygen atoms in total. The van der Waals surface area contributed by atoms with Gasteiger partial charge in [-0.05, 0) is 18.3 Å². The van der Waals surface area contributed by atoms with Crippen LogP contribution >= 0.6 is 0 Å². The van der Waals surface area contributed by atoms with Gasteiger partial charge in [0.15, 0.2) is 0 Å². The van der Waals surface area contributed by atoms with Gasteiger partial charge in [-0.1, -0.05) is 13.0 Å². The van der Waals surface area contributed by atoms with Crippen LogP contribution < -0.4 is 10.6 Å². The fraction of sp³-hybridized carbons (Fsp3) is 0.700. The second-order valence-electron chi connectivity index (χ2n) is 3.70. The van der Waals surface area contributed by atoms with E-state index < -0.39 is 0 Å². The SMILES string of the molecule is C=CCNCC(=O)NCC1CC1C. The molecule has 0 saturated heterocycles. The van der Waals surface area contributed by atoms with Crippen LogP contribution in [-0.4, -0.2) is 25.5 Å². The van der Waals surface area contributed by atoms with Gasteiger partial charge in [-0.25, -0.2) is 0 Å². The summed E-state index contributed by atoms with van der Waals surface area (Å²) < 4.78 is 0. The van der Waals surface area contributed by atoms with E-state index in [0.29, 0.717) is 13.1 Å². The molecule has 1 aliphatic carbocycles. The standard InChI is InChI=1S/C10H18N2O/c1-3-4-11-7-10(13)12-6-9-5-8(9)2/h3,8-9,11H,1,4-7H2,2H3,(H,12,13). The fourth-order valence-electron chi connectivity index (χ4n) is 1.28. The van der Waals surface area contributed by atoms with E-state index in [1.165, 1.54) is 6.42 Å². The van der Waals surface area contributed by atoms with Gasteiger partial charge in [-0.2, -0.15) is 0 Å². The first-order valence-corrected chi connectivity index (χ1v) is 4.82. The summed E-state index contributed by atoms with van der Waals surface area (Å²) in [6, 6.07) is 0. The van der Waals surface area contributed by atoms with Gasteiger partial charge in [0, 0.05) is 13.1 Å². The first kappa shape index (κ1) is 10.3. The third-order valence-corrected chi connectivity index (χ3v) is 2.41. The number of amides is 1. The number of rotatable bonds is 6. The minimum absolute atomic E-state index is 0.0842. The van der Waals surface area contributed by atoms with Gasteiger partial charge >= 0.3 is 0 Å². The Labute approximate surface area is 79.6 Å². The molecule has 2 atom stereocenters. The van der Waals surface area contributed by atoms with Crippen LogP contribution in [0.1, 0.15) is 13.3 Å². The summed E-state index contributed by atoms with van der Waals surface area (Å²) in [6.45, 7) is 7.70. The molecule has 0 aromatic rings. The summed E-state index contributed by atoms with van der Waals surface area (Å²) in [6.07, 6.45) is 3.01. The Kier molecular flexibility index (Phi) is 3.96. The van der Waals surface area contributed by atoms with Crippen molar-refractivity contribution in [1.29, 1.82) is 0 Å². The summed E-state index contributed by atoms with van der Waals surface area (Å²) in [7, 11) is 0. The lowest BCUT2D eigenvalue weighted by molar-refractivity contribution is -0.120. The molecule has 1 saturated carbocycles. The zero-order valence-electron chi connectivity index (χ0n) is 8.18. The van der Waals surface area contributed by atoms with E-state index >= 15 is 0 Å². The molecule has 0 aromatic carbocycles. The summed E-state index contributed by atoms with van der Waals surface area (Å²) in [5.41, 5.74) is 0. The molecule has 0 heterocycles. The van der Waals surface area contributed by atoms with Crippen LogP contribution in [0.2, 0.25) is 0 Å².